The standard InChI is InChI=1S/C8H8BrNO3/c1-13-5-2-3-7(9)6(4-5)8(11)10-12/h2-4,12H,1H3,(H,10,11). The van der Waals surface area contributed by atoms with Gasteiger partial charge in [-0.1, -0.05) is 0 Å². The molecule has 0 spiro atoms. The number of amides is 1. The second-order valence-electron chi connectivity index (χ2n) is 2.29. The fourth-order valence-corrected chi connectivity index (χ4v) is 1.29. The molecular weight excluding hydrogens is 238 g/mol. The lowest BCUT2D eigenvalue weighted by molar-refractivity contribution is 0.0705. The average Bonchev–Trinajstić information content (AvgIpc) is 2.17. The number of carbonyl (C=O) groups excluding carboxylic acids is 1. The first-order chi connectivity index (χ1) is 6.19. The van der Waals surface area contributed by atoms with Crippen LogP contribution in [-0.2, 0) is 0 Å². The molecule has 5 heteroatoms. The molecule has 1 aromatic rings. The van der Waals surface area contributed by atoms with E-state index >= 15 is 0 Å². The van der Waals surface area contributed by atoms with Gasteiger partial charge in [0.2, 0.25) is 0 Å². The summed E-state index contributed by atoms with van der Waals surface area (Å²) in [5, 5.41) is 8.42. The Labute approximate surface area is 83.6 Å². The van der Waals surface area contributed by atoms with Crippen LogP contribution in [-0.4, -0.2) is 18.2 Å². The van der Waals surface area contributed by atoms with Gasteiger partial charge in [-0.05, 0) is 34.1 Å². The van der Waals surface area contributed by atoms with Crippen molar-refractivity contribution < 1.29 is 14.7 Å². The molecule has 1 rings (SSSR count). The lowest BCUT2D eigenvalue weighted by atomic mass is 10.2. The number of hydroxylamine groups is 1. The Morgan fingerprint density at radius 2 is 2.31 bits per heavy atom. The average molecular weight is 246 g/mol. The zero-order valence-electron chi connectivity index (χ0n) is 6.87. The third kappa shape index (κ3) is 2.19. The summed E-state index contributed by atoms with van der Waals surface area (Å²) in [5.41, 5.74) is 1.87. The van der Waals surface area contributed by atoms with Crippen LogP contribution in [0.3, 0.4) is 0 Å². The minimum absolute atomic E-state index is 0.321. The van der Waals surface area contributed by atoms with E-state index in [9.17, 15) is 4.79 Å². The number of methoxy groups -OCH3 is 1. The van der Waals surface area contributed by atoms with E-state index < -0.39 is 5.91 Å². The molecule has 1 aromatic carbocycles. The summed E-state index contributed by atoms with van der Waals surface area (Å²) in [6, 6.07) is 4.90. The van der Waals surface area contributed by atoms with Crippen molar-refractivity contribution in [2.75, 3.05) is 7.11 Å². The predicted molar refractivity (Wildman–Crippen MR) is 49.9 cm³/mol. The van der Waals surface area contributed by atoms with Crippen molar-refractivity contribution in [3.05, 3.63) is 28.2 Å². The first kappa shape index (κ1) is 10.0. The van der Waals surface area contributed by atoms with E-state index in [0.29, 0.717) is 15.8 Å². The molecule has 2 N–H and O–H groups in total. The third-order valence-electron chi connectivity index (χ3n) is 1.52. The maximum atomic E-state index is 11.1. The summed E-state index contributed by atoms with van der Waals surface area (Å²) >= 11 is 3.17. The lowest BCUT2D eigenvalue weighted by Gasteiger charge is -2.04. The van der Waals surface area contributed by atoms with E-state index in [2.05, 4.69) is 15.9 Å². The molecule has 0 heterocycles. The van der Waals surface area contributed by atoms with Crippen LogP contribution in [0.5, 0.6) is 5.75 Å². The number of halogens is 1. The Hall–Kier alpha value is -1.07. The van der Waals surface area contributed by atoms with E-state index in [1.165, 1.54) is 13.2 Å². The van der Waals surface area contributed by atoms with Gasteiger partial charge in [0.05, 0.1) is 12.7 Å². The van der Waals surface area contributed by atoms with Crippen molar-refractivity contribution in [1.82, 2.24) is 5.48 Å². The van der Waals surface area contributed by atoms with Crippen LogP contribution in [0.2, 0.25) is 0 Å². The molecule has 0 aliphatic rings. The molecule has 0 bridgehead atoms. The Bertz CT molecular complexity index is 327. The maximum absolute atomic E-state index is 11.1. The van der Waals surface area contributed by atoms with E-state index in [1.54, 1.807) is 17.6 Å². The zero-order valence-corrected chi connectivity index (χ0v) is 8.46. The van der Waals surface area contributed by atoms with Crippen molar-refractivity contribution in [2.45, 2.75) is 0 Å². The molecule has 0 atom stereocenters. The maximum Gasteiger partial charge on any atom is 0.275 e. The van der Waals surface area contributed by atoms with Gasteiger partial charge in [-0.15, -0.1) is 0 Å². The van der Waals surface area contributed by atoms with Crippen molar-refractivity contribution in [1.29, 1.82) is 0 Å². The molecule has 0 aliphatic heterocycles. The summed E-state index contributed by atoms with van der Waals surface area (Å²) in [5.74, 6) is -0.0208. The molecule has 0 unspecified atom stereocenters. The molecular formula is C8H8BrNO3. The topological polar surface area (TPSA) is 58.6 Å². The molecule has 0 saturated carbocycles. The Balaban J connectivity index is 3.11. The van der Waals surface area contributed by atoms with Crippen LogP contribution < -0.4 is 10.2 Å². The van der Waals surface area contributed by atoms with Crippen molar-refractivity contribution >= 4 is 21.8 Å². The predicted octanol–water partition coefficient (Wildman–Crippen LogP) is 1.58. The SMILES string of the molecule is COc1ccc(Br)c(C(=O)NO)c1. The van der Waals surface area contributed by atoms with Gasteiger partial charge in [0.25, 0.3) is 5.91 Å². The first-order valence-corrected chi connectivity index (χ1v) is 4.26. The number of nitrogens with one attached hydrogen (secondary N) is 1. The summed E-state index contributed by atoms with van der Waals surface area (Å²) in [7, 11) is 1.50. The van der Waals surface area contributed by atoms with Crippen LogP contribution in [0.1, 0.15) is 10.4 Å². The number of hydrogen-bond donors (Lipinski definition) is 2. The summed E-state index contributed by atoms with van der Waals surface area (Å²) in [4.78, 5) is 11.1. The smallest absolute Gasteiger partial charge is 0.275 e. The second-order valence-corrected chi connectivity index (χ2v) is 3.14. The quantitative estimate of drug-likeness (QED) is 0.615. The first-order valence-electron chi connectivity index (χ1n) is 3.47. The number of hydrogen-bond acceptors (Lipinski definition) is 3. The highest BCUT2D eigenvalue weighted by molar-refractivity contribution is 9.10. The molecule has 70 valence electrons. The van der Waals surface area contributed by atoms with E-state index in [4.69, 9.17) is 9.94 Å². The van der Waals surface area contributed by atoms with Crippen LogP contribution in [0, 0.1) is 0 Å². The Kier molecular flexibility index (Phi) is 3.27. The Morgan fingerprint density at radius 3 is 2.85 bits per heavy atom. The van der Waals surface area contributed by atoms with Crippen molar-refractivity contribution in [3.8, 4) is 5.75 Å². The third-order valence-corrected chi connectivity index (χ3v) is 2.21. The van der Waals surface area contributed by atoms with Gasteiger partial charge in [-0.3, -0.25) is 10.0 Å². The molecule has 0 aromatic heterocycles. The van der Waals surface area contributed by atoms with E-state index in [-0.39, 0.29) is 0 Å². The number of ether oxygens (including phenoxy) is 1. The minimum atomic E-state index is -0.578. The van der Waals surface area contributed by atoms with Gasteiger partial charge in [0, 0.05) is 4.47 Å². The van der Waals surface area contributed by atoms with Gasteiger partial charge in [0.1, 0.15) is 5.75 Å². The molecule has 13 heavy (non-hydrogen) atoms. The highest BCUT2D eigenvalue weighted by atomic mass is 79.9. The fourth-order valence-electron chi connectivity index (χ4n) is 0.866. The molecule has 1 amide bonds. The summed E-state index contributed by atoms with van der Waals surface area (Å²) in [6.45, 7) is 0. The minimum Gasteiger partial charge on any atom is -0.497 e. The highest BCUT2D eigenvalue weighted by Crippen LogP contribution is 2.22. The van der Waals surface area contributed by atoms with Gasteiger partial charge in [0.15, 0.2) is 0 Å². The number of benzene rings is 1. The van der Waals surface area contributed by atoms with Gasteiger partial charge < -0.3 is 4.74 Å². The molecule has 0 fully saturated rings. The highest BCUT2D eigenvalue weighted by Gasteiger charge is 2.09. The van der Waals surface area contributed by atoms with E-state index in [0.717, 1.165) is 0 Å². The van der Waals surface area contributed by atoms with Crippen molar-refractivity contribution in [3.63, 3.8) is 0 Å². The Morgan fingerprint density at radius 1 is 1.62 bits per heavy atom. The largest absolute Gasteiger partial charge is 0.497 e. The monoisotopic (exact) mass is 245 g/mol. The lowest BCUT2D eigenvalue weighted by Crippen LogP contribution is -2.19. The molecule has 0 saturated heterocycles. The molecule has 4 nitrogen and oxygen atoms in total. The van der Waals surface area contributed by atoms with Gasteiger partial charge in [-0.2, -0.15) is 0 Å². The summed E-state index contributed by atoms with van der Waals surface area (Å²) in [6.07, 6.45) is 0. The van der Waals surface area contributed by atoms with Crippen LogP contribution in [0.4, 0.5) is 0 Å². The number of rotatable bonds is 2. The molecule has 0 radical (unpaired) electrons. The van der Waals surface area contributed by atoms with Crippen LogP contribution in [0.15, 0.2) is 22.7 Å². The van der Waals surface area contributed by atoms with Crippen LogP contribution in [0.25, 0.3) is 0 Å². The van der Waals surface area contributed by atoms with Crippen molar-refractivity contribution in [2.24, 2.45) is 0 Å². The van der Waals surface area contributed by atoms with Crippen LogP contribution >= 0.6 is 15.9 Å². The second kappa shape index (κ2) is 4.25. The summed E-state index contributed by atoms with van der Waals surface area (Å²) < 4.78 is 5.52. The number of carbonyl (C=O) groups is 1. The molecule has 0 aliphatic carbocycles. The van der Waals surface area contributed by atoms with Gasteiger partial charge >= 0.3 is 0 Å². The van der Waals surface area contributed by atoms with Gasteiger partial charge in [-0.25, -0.2) is 5.48 Å². The fraction of sp³-hybridized carbons (Fsp3) is 0.125. The van der Waals surface area contributed by atoms with E-state index in [1.807, 2.05) is 0 Å². The zero-order chi connectivity index (χ0) is 9.84. The normalized spacial score (nSPS) is 9.46.